The third-order valence-corrected chi connectivity index (χ3v) is 4.19. The minimum atomic E-state index is -0.277. The summed E-state index contributed by atoms with van der Waals surface area (Å²) in [5.41, 5.74) is 1.30. The fourth-order valence-corrected chi connectivity index (χ4v) is 2.93. The molecule has 0 aromatic carbocycles. The van der Waals surface area contributed by atoms with Crippen LogP contribution in [0.15, 0.2) is 18.2 Å². The third-order valence-electron chi connectivity index (χ3n) is 4.19. The largest absolute Gasteiger partial charge is 0.368 e. The number of carbonyl (C=O) groups excluding carboxylic acids is 2. The fraction of sp³-hybridized carbons (Fsp3) is 0.562. The number of amides is 2. The van der Waals surface area contributed by atoms with Gasteiger partial charge < -0.3 is 14.5 Å². The van der Waals surface area contributed by atoms with E-state index in [0.717, 1.165) is 18.5 Å². The maximum absolute atomic E-state index is 12.4. The van der Waals surface area contributed by atoms with Gasteiger partial charge in [-0.1, -0.05) is 6.07 Å². The van der Waals surface area contributed by atoms with Gasteiger partial charge in [0.05, 0.1) is 0 Å². The molecule has 1 atom stereocenters. The average Bonchev–Trinajstić information content (AvgIpc) is 3.08. The Morgan fingerprint density at radius 2 is 1.91 bits per heavy atom. The van der Waals surface area contributed by atoms with Crippen LogP contribution in [0.2, 0.25) is 0 Å². The zero-order valence-corrected chi connectivity index (χ0v) is 12.8. The van der Waals surface area contributed by atoms with Crippen molar-refractivity contribution in [3.05, 3.63) is 29.6 Å². The SMILES string of the molecule is Cc1cccc(C(=O)N2CCN(C(=O)C3CCCO3)CC2)n1. The van der Waals surface area contributed by atoms with Crippen molar-refractivity contribution >= 4 is 11.8 Å². The number of carbonyl (C=O) groups is 2. The number of aromatic nitrogens is 1. The van der Waals surface area contributed by atoms with E-state index in [4.69, 9.17) is 4.74 Å². The Morgan fingerprint density at radius 3 is 2.55 bits per heavy atom. The van der Waals surface area contributed by atoms with Crippen molar-refractivity contribution in [1.29, 1.82) is 0 Å². The topological polar surface area (TPSA) is 62.7 Å². The zero-order valence-electron chi connectivity index (χ0n) is 12.8. The quantitative estimate of drug-likeness (QED) is 0.813. The lowest BCUT2D eigenvalue weighted by Gasteiger charge is -2.35. The highest BCUT2D eigenvalue weighted by Gasteiger charge is 2.31. The second-order valence-corrected chi connectivity index (χ2v) is 5.78. The van der Waals surface area contributed by atoms with E-state index >= 15 is 0 Å². The predicted molar refractivity (Wildman–Crippen MR) is 80.4 cm³/mol. The Labute approximate surface area is 130 Å². The number of rotatable bonds is 2. The summed E-state index contributed by atoms with van der Waals surface area (Å²) >= 11 is 0. The molecule has 0 N–H and O–H groups in total. The van der Waals surface area contributed by atoms with Crippen LogP contribution < -0.4 is 0 Å². The summed E-state index contributed by atoms with van der Waals surface area (Å²) in [6, 6.07) is 5.45. The molecule has 1 aromatic rings. The van der Waals surface area contributed by atoms with Gasteiger partial charge in [0, 0.05) is 38.5 Å². The normalized spacial score (nSPS) is 22.0. The van der Waals surface area contributed by atoms with Crippen LogP contribution in [0.4, 0.5) is 0 Å². The minimum absolute atomic E-state index is 0.0621. The molecule has 6 nitrogen and oxygen atoms in total. The standard InChI is InChI=1S/C16H21N3O3/c1-12-4-2-5-13(17-12)15(20)18-7-9-19(10-8-18)16(21)14-6-3-11-22-14/h2,4-5,14H,3,6-11H2,1H3. The second kappa shape index (κ2) is 6.44. The molecule has 3 heterocycles. The molecule has 118 valence electrons. The molecule has 2 amide bonds. The lowest BCUT2D eigenvalue weighted by atomic mass is 10.2. The molecular weight excluding hydrogens is 282 g/mol. The predicted octanol–water partition coefficient (Wildman–Crippen LogP) is 0.853. The summed E-state index contributed by atoms with van der Waals surface area (Å²) in [7, 11) is 0. The van der Waals surface area contributed by atoms with Crippen molar-refractivity contribution in [1.82, 2.24) is 14.8 Å². The van der Waals surface area contributed by atoms with Crippen LogP contribution in [-0.4, -0.2) is 65.5 Å². The first kappa shape index (κ1) is 15.0. The molecule has 2 saturated heterocycles. The number of aryl methyl sites for hydroxylation is 1. The molecular formula is C16H21N3O3. The van der Waals surface area contributed by atoms with Gasteiger partial charge in [0.2, 0.25) is 0 Å². The van der Waals surface area contributed by atoms with E-state index in [2.05, 4.69) is 4.98 Å². The first-order chi connectivity index (χ1) is 10.6. The van der Waals surface area contributed by atoms with Crippen molar-refractivity contribution in [3.63, 3.8) is 0 Å². The first-order valence-corrected chi connectivity index (χ1v) is 7.78. The lowest BCUT2D eigenvalue weighted by molar-refractivity contribution is -0.142. The van der Waals surface area contributed by atoms with Gasteiger partial charge in [-0.05, 0) is 31.9 Å². The number of pyridine rings is 1. The first-order valence-electron chi connectivity index (χ1n) is 7.78. The Balaban J connectivity index is 1.57. The van der Waals surface area contributed by atoms with E-state index in [9.17, 15) is 9.59 Å². The molecule has 0 radical (unpaired) electrons. The summed E-state index contributed by atoms with van der Waals surface area (Å²) < 4.78 is 5.44. The van der Waals surface area contributed by atoms with Gasteiger partial charge in [0.15, 0.2) is 0 Å². The van der Waals surface area contributed by atoms with E-state index < -0.39 is 0 Å². The van der Waals surface area contributed by atoms with Crippen molar-refractivity contribution in [2.45, 2.75) is 25.9 Å². The number of hydrogen-bond acceptors (Lipinski definition) is 4. The molecule has 1 unspecified atom stereocenters. The highest BCUT2D eigenvalue weighted by Crippen LogP contribution is 2.16. The Kier molecular flexibility index (Phi) is 4.38. The zero-order chi connectivity index (χ0) is 15.5. The molecule has 2 aliphatic rings. The minimum Gasteiger partial charge on any atom is -0.368 e. The molecule has 3 rings (SSSR count). The molecule has 22 heavy (non-hydrogen) atoms. The average molecular weight is 303 g/mol. The van der Waals surface area contributed by atoms with Crippen LogP contribution in [-0.2, 0) is 9.53 Å². The number of ether oxygens (including phenoxy) is 1. The van der Waals surface area contributed by atoms with Crippen molar-refractivity contribution < 1.29 is 14.3 Å². The summed E-state index contributed by atoms with van der Waals surface area (Å²) in [5.74, 6) is 0.00574. The van der Waals surface area contributed by atoms with E-state index in [1.807, 2.05) is 24.0 Å². The monoisotopic (exact) mass is 303 g/mol. The van der Waals surface area contributed by atoms with Crippen molar-refractivity contribution in [2.75, 3.05) is 32.8 Å². The Morgan fingerprint density at radius 1 is 1.18 bits per heavy atom. The van der Waals surface area contributed by atoms with E-state index in [1.165, 1.54) is 0 Å². The maximum atomic E-state index is 12.4. The third kappa shape index (κ3) is 3.11. The van der Waals surface area contributed by atoms with Crippen molar-refractivity contribution in [2.24, 2.45) is 0 Å². The molecule has 0 bridgehead atoms. The van der Waals surface area contributed by atoms with E-state index in [0.29, 0.717) is 38.5 Å². The molecule has 1 aromatic heterocycles. The van der Waals surface area contributed by atoms with Gasteiger partial charge in [0.1, 0.15) is 11.8 Å². The number of piperazine rings is 1. The number of nitrogens with zero attached hydrogens (tertiary/aromatic N) is 3. The maximum Gasteiger partial charge on any atom is 0.272 e. The van der Waals surface area contributed by atoms with Crippen LogP contribution in [0.1, 0.15) is 29.0 Å². The van der Waals surface area contributed by atoms with E-state index in [-0.39, 0.29) is 17.9 Å². The van der Waals surface area contributed by atoms with Crippen LogP contribution in [0.5, 0.6) is 0 Å². The summed E-state index contributed by atoms with van der Waals surface area (Å²) in [5, 5.41) is 0. The van der Waals surface area contributed by atoms with Crippen LogP contribution in [0.3, 0.4) is 0 Å². The van der Waals surface area contributed by atoms with Gasteiger partial charge in [-0.3, -0.25) is 9.59 Å². The summed E-state index contributed by atoms with van der Waals surface area (Å²) in [4.78, 5) is 32.5. The van der Waals surface area contributed by atoms with Gasteiger partial charge in [-0.15, -0.1) is 0 Å². The molecule has 0 aliphatic carbocycles. The van der Waals surface area contributed by atoms with E-state index in [1.54, 1.807) is 11.0 Å². The highest BCUT2D eigenvalue weighted by atomic mass is 16.5. The van der Waals surface area contributed by atoms with Crippen LogP contribution in [0.25, 0.3) is 0 Å². The Bertz CT molecular complexity index is 562. The van der Waals surface area contributed by atoms with Gasteiger partial charge in [0.25, 0.3) is 11.8 Å². The molecule has 6 heteroatoms. The molecule has 2 fully saturated rings. The van der Waals surface area contributed by atoms with Crippen LogP contribution in [0, 0.1) is 6.92 Å². The molecule has 0 saturated carbocycles. The Hall–Kier alpha value is -1.95. The van der Waals surface area contributed by atoms with Crippen molar-refractivity contribution in [3.8, 4) is 0 Å². The number of hydrogen-bond donors (Lipinski definition) is 0. The summed E-state index contributed by atoms with van der Waals surface area (Å²) in [6.45, 7) is 4.77. The smallest absolute Gasteiger partial charge is 0.272 e. The lowest BCUT2D eigenvalue weighted by Crippen LogP contribution is -2.52. The van der Waals surface area contributed by atoms with Gasteiger partial charge in [-0.2, -0.15) is 0 Å². The molecule has 2 aliphatic heterocycles. The second-order valence-electron chi connectivity index (χ2n) is 5.78. The highest BCUT2D eigenvalue weighted by molar-refractivity contribution is 5.92. The molecule has 0 spiro atoms. The van der Waals surface area contributed by atoms with Gasteiger partial charge >= 0.3 is 0 Å². The van der Waals surface area contributed by atoms with Crippen LogP contribution >= 0.6 is 0 Å². The van der Waals surface area contributed by atoms with Gasteiger partial charge in [-0.25, -0.2) is 4.98 Å². The summed E-state index contributed by atoms with van der Waals surface area (Å²) in [6.07, 6.45) is 1.49. The fourth-order valence-electron chi connectivity index (χ4n) is 2.93.